The normalized spacial score (nSPS) is 10.9. The number of ether oxygens (including phenoxy) is 1. The molecule has 0 heterocycles. The van der Waals surface area contributed by atoms with Gasteiger partial charge in [0.1, 0.15) is 11.6 Å². The van der Waals surface area contributed by atoms with Crippen LogP contribution in [0.1, 0.15) is 22.3 Å². The fourth-order valence-electron chi connectivity index (χ4n) is 3.15. The van der Waals surface area contributed by atoms with Gasteiger partial charge in [-0.15, -0.1) is 0 Å². The number of halogens is 2. The van der Waals surface area contributed by atoms with Crippen molar-refractivity contribution in [3.63, 3.8) is 0 Å². The molecule has 0 aliphatic heterocycles. The Morgan fingerprint density at radius 3 is 2.20 bits per heavy atom. The number of anilines is 2. The van der Waals surface area contributed by atoms with Gasteiger partial charge >= 0.3 is 0 Å². The van der Waals surface area contributed by atoms with Crippen LogP contribution in [0.15, 0.2) is 60.2 Å². The molecule has 0 unspecified atom stereocenters. The summed E-state index contributed by atoms with van der Waals surface area (Å²) in [6.45, 7) is 5.46. The Kier molecular flexibility index (Phi) is 8.53. The van der Waals surface area contributed by atoms with E-state index >= 15 is 0 Å². The minimum atomic E-state index is -0.563. The molecule has 35 heavy (non-hydrogen) atoms. The molecule has 3 aromatic rings. The van der Waals surface area contributed by atoms with Crippen molar-refractivity contribution < 1.29 is 14.3 Å². The first kappa shape index (κ1) is 25.8. The molecule has 0 aliphatic carbocycles. The van der Waals surface area contributed by atoms with E-state index in [4.69, 9.17) is 27.9 Å². The number of nitriles is 1. The van der Waals surface area contributed by atoms with Gasteiger partial charge in [-0.3, -0.25) is 9.59 Å². The van der Waals surface area contributed by atoms with E-state index in [2.05, 4.69) is 10.6 Å². The summed E-state index contributed by atoms with van der Waals surface area (Å²) in [5, 5.41) is 15.2. The number of nitrogens with one attached hydrogen (secondary N) is 2. The lowest BCUT2D eigenvalue weighted by Gasteiger charge is -2.13. The standard InChI is InChI=1S/C27H23Cl2N3O3/c1-16-5-8-21(9-6-16)31-27(34)20(14-30)11-19-12-22(28)26(23(29)13-19)35-15-25(33)32-24-10-17(2)4-7-18(24)3/h4-13H,15H2,1-3H3,(H,31,34)(H,32,33)/b20-11-. The molecule has 0 aliphatic rings. The van der Waals surface area contributed by atoms with Gasteiger partial charge in [0.15, 0.2) is 12.4 Å². The van der Waals surface area contributed by atoms with Crippen LogP contribution in [0.3, 0.4) is 0 Å². The number of hydrogen-bond acceptors (Lipinski definition) is 4. The molecule has 8 heteroatoms. The summed E-state index contributed by atoms with van der Waals surface area (Å²) in [5.41, 5.74) is 4.57. The number of hydrogen-bond donors (Lipinski definition) is 2. The van der Waals surface area contributed by atoms with E-state index in [9.17, 15) is 14.9 Å². The van der Waals surface area contributed by atoms with Crippen LogP contribution < -0.4 is 15.4 Å². The van der Waals surface area contributed by atoms with E-state index in [1.54, 1.807) is 12.1 Å². The maximum atomic E-state index is 12.5. The second kappa shape index (κ2) is 11.6. The first-order valence-corrected chi connectivity index (χ1v) is 11.4. The van der Waals surface area contributed by atoms with Gasteiger partial charge in [-0.25, -0.2) is 0 Å². The van der Waals surface area contributed by atoms with Crippen LogP contribution in [0.5, 0.6) is 5.75 Å². The first-order chi connectivity index (χ1) is 16.7. The largest absolute Gasteiger partial charge is 0.481 e. The second-order valence-electron chi connectivity index (χ2n) is 7.96. The molecule has 0 radical (unpaired) electrons. The van der Waals surface area contributed by atoms with E-state index in [1.807, 2.05) is 57.2 Å². The van der Waals surface area contributed by atoms with Crippen molar-refractivity contribution in [2.75, 3.05) is 17.2 Å². The number of carbonyl (C=O) groups excluding carboxylic acids is 2. The van der Waals surface area contributed by atoms with Crippen molar-refractivity contribution in [3.05, 3.63) is 92.5 Å². The Morgan fingerprint density at radius 2 is 1.57 bits per heavy atom. The number of rotatable bonds is 7. The molecule has 0 bridgehead atoms. The third-order valence-electron chi connectivity index (χ3n) is 5.02. The van der Waals surface area contributed by atoms with Gasteiger partial charge in [0.25, 0.3) is 11.8 Å². The lowest BCUT2D eigenvalue weighted by Crippen LogP contribution is -2.21. The number of carbonyl (C=O) groups is 2. The Hall–Kier alpha value is -3.79. The van der Waals surface area contributed by atoms with Crippen molar-refractivity contribution in [1.82, 2.24) is 0 Å². The van der Waals surface area contributed by atoms with Crippen LogP contribution >= 0.6 is 23.2 Å². The summed E-state index contributed by atoms with van der Waals surface area (Å²) < 4.78 is 5.55. The molecule has 0 atom stereocenters. The molecule has 3 rings (SSSR count). The molecule has 0 fully saturated rings. The van der Waals surface area contributed by atoms with Gasteiger partial charge in [0, 0.05) is 11.4 Å². The van der Waals surface area contributed by atoms with Crippen LogP contribution in [0.25, 0.3) is 6.08 Å². The van der Waals surface area contributed by atoms with Crippen molar-refractivity contribution in [2.45, 2.75) is 20.8 Å². The molecule has 6 nitrogen and oxygen atoms in total. The van der Waals surface area contributed by atoms with E-state index in [-0.39, 0.29) is 33.9 Å². The monoisotopic (exact) mass is 507 g/mol. The van der Waals surface area contributed by atoms with Crippen molar-refractivity contribution >= 4 is 52.5 Å². The van der Waals surface area contributed by atoms with Crippen LogP contribution in [0, 0.1) is 32.1 Å². The van der Waals surface area contributed by atoms with Gasteiger partial charge in [0.05, 0.1) is 10.0 Å². The molecule has 178 valence electrons. The Bertz CT molecular complexity index is 1320. The van der Waals surface area contributed by atoms with Gasteiger partial charge in [-0.1, -0.05) is 53.0 Å². The molecular weight excluding hydrogens is 485 g/mol. The van der Waals surface area contributed by atoms with E-state index in [0.29, 0.717) is 16.9 Å². The van der Waals surface area contributed by atoms with Crippen molar-refractivity contribution in [2.24, 2.45) is 0 Å². The summed E-state index contributed by atoms with van der Waals surface area (Å²) >= 11 is 12.6. The number of amides is 2. The fourth-order valence-corrected chi connectivity index (χ4v) is 3.76. The third-order valence-corrected chi connectivity index (χ3v) is 5.58. The minimum absolute atomic E-state index is 0.126. The first-order valence-electron chi connectivity index (χ1n) is 10.6. The summed E-state index contributed by atoms with van der Waals surface area (Å²) in [4.78, 5) is 24.9. The Balaban J connectivity index is 1.70. The zero-order valence-electron chi connectivity index (χ0n) is 19.4. The van der Waals surface area contributed by atoms with E-state index in [0.717, 1.165) is 16.7 Å². The predicted octanol–water partition coefficient (Wildman–Crippen LogP) is 6.48. The molecule has 0 saturated heterocycles. The average Bonchev–Trinajstić information content (AvgIpc) is 2.80. The zero-order chi connectivity index (χ0) is 25.5. The Labute approximate surface area is 214 Å². The third kappa shape index (κ3) is 7.10. The average molecular weight is 508 g/mol. The van der Waals surface area contributed by atoms with Gasteiger partial charge in [-0.2, -0.15) is 5.26 Å². The minimum Gasteiger partial charge on any atom is -0.481 e. The lowest BCUT2D eigenvalue weighted by atomic mass is 10.1. The number of nitrogens with zero attached hydrogens (tertiary/aromatic N) is 1. The lowest BCUT2D eigenvalue weighted by molar-refractivity contribution is -0.118. The van der Waals surface area contributed by atoms with Gasteiger partial charge in [0.2, 0.25) is 0 Å². The summed E-state index contributed by atoms with van der Waals surface area (Å²) in [5.74, 6) is -0.800. The molecule has 0 saturated carbocycles. The molecule has 2 N–H and O–H groups in total. The summed E-state index contributed by atoms with van der Waals surface area (Å²) in [6, 6.07) is 17.8. The maximum Gasteiger partial charge on any atom is 0.266 e. The SMILES string of the molecule is Cc1ccc(NC(=O)/C(C#N)=C\c2cc(Cl)c(OCC(=O)Nc3cc(C)ccc3C)c(Cl)c2)cc1. The smallest absolute Gasteiger partial charge is 0.266 e. The summed E-state index contributed by atoms with van der Waals surface area (Å²) in [7, 11) is 0. The van der Waals surface area contributed by atoms with E-state index < -0.39 is 5.91 Å². The quantitative estimate of drug-likeness (QED) is 0.282. The van der Waals surface area contributed by atoms with Crippen LogP contribution in [-0.2, 0) is 9.59 Å². The Morgan fingerprint density at radius 1 is 0.943 bits per heavy atom. The highest BCUT2D eigenvalue weighted by atomic mass is 35.5. The zero-order valence-corrected chi connectivity index (χ0v) is 20.9. The fraction of sp³-hybridized carbons (Fsp3) is 0.148. The molecule has 0 spiro atoms. The molecular formula is C27H23Cl2N3O3. The van der Waals surface area contributed by atoms with Crippen LogP contribution in [0.4, 0.5) is 11.4 Å². The van der Waals surface area contributed by atoms with Gasteiger partial charge in [-0.05, 0) is 73.9 Å². The molecule has 2 amide bonds. The van der Waals surface area contributed by atoms with Crippen molar-refractivity contribution in [1.29, 1.82) is 5.26 Å². The highest BCUT2D eigenvalue weighted by Gasteiger charge is 2.15. The highest BCUT2D eigenvalue weighted by Crippen LogP contribution is 2.35. The maximum absolute atomic E-state index is 12.5. The predicted molar refractivity (Wildman–Crippen MR) is 140 cm³/mol. The molecule has 3 aromatic carbocycles. The van der Waals surface area contributed by atoms with Crippen molar-refractivity contribution in [3.8, 4) is 11.8 Å². The van der Waals surface area contributed by atoms with Gasteiger partial charge < -0.3 is 15.4 Å². The highest BCUT2D eigenvalue weighted by molar-refractivity contribution is 6.37. The van der Waals surface area contributed by atoms with Crippen LogP contribution in [-0.4, -0.2) is 18.4 Å². The second-order valence-corrected chi connectivity index (χ2v) is 8.77. The topological polar surface area (TPSA) is 91.2 Å². The number of aryl methyl sites for hydroxylation is 3. The van der Waals surface area contributed by atoms with Crippen LogP contribution in [0.2, 0.25) is 10.0 Å². The summed E-state index contributed by atoms with van der Waals surface area (Å²) in [6.07, 6.45) is 1.37. The number of benzene rings is 3. The molecule has 0 aromatic heterocycles. The van der Waals surface area contributed by atoms with E-state index in [1.165, 1.54) is 18.2 Å².